The monoisotopic (exact) mass is 278 g/mol. The first-order valence-electron chi connectivity index (χ1n) is 7.33. The van der Waals surface area contributed by atoms with Crippen LogP contribution in [-0.2, 0) is 0 Å². The Morgan fingerprint density at radius 2 is 2.10 bits per heavy atom. The molecule has 1 saturated heterocycles. The molecule has 1 fully saturated rings. The second kappa shape index (κ2) is 6.84. The summed E-state index contributed by atoms with van der Waals surface area (Å²) in [5, 5.41) is 2.80. The van der Waals surface area contributed by atoms with E-state index in [1.165, 1.54) is 18.9 Å². The van der Waals surface area contributed by atoms with E-state index in [-0.39, 0.29) is 11.5 Å². The molecule has 0 atom stereocenters. The second-order valence-electron chi connectivity index (χ2n) is 5.72. The molecule has 1 aliphatic rings. The summed E-state index contributed by atoms with van der Waals surface area (Å²) in [4.78, 5) is 14.3. The number of carbonyl (C=O) groups is 1. The number of amides is 1. The first kappa shape index (κ1) is 15.0. The lowest BCUT2D eigenvalue weighted by molar-refractivity contribution is 0.0940. The van der Waals surface area contributed by atoms with Crippen molar-refractivity contribution in [3.05, 3.63) is 35.1 Å². The molecule has 3 nitrogen and oxygen atoms in total. The van der Waals surface area contributed by atoms with Gasteiger partial charge in [0.15, 0.2) is 0 Å². The number of aryl methyl sites for hydroxylation is 1. The molecule has 0 aromatic heterocycles. The molecule has 1 aliphatic heterocycles. The average Bonchev–Trinajstić information content (AvgIpc) is 2.44. The third-order valence-electron chi connectivity index (χ3n) is 4.03. The van der Waals surface area contributed by atoms with E-state index in [9.17, 15) is 9.18 Å². The number of hydrogen-bond acceptors (Lipinski definition) is 2. The van der Waals surface area contributed by atoms with Gasteiger partial charge in [0.25, 0.3) is 5.91 Å². The topological polar surface area (TPSA) is 32.3 Å². The molecule has 4 heteroatoms. The van der Waals surface area contributed by atoms with Crippen molar-refractivity contribution in [1.29, 1.82) is 0 Å². The summed E-state index contributed by atoms with van der Waals surface area (Å²) in [6, 6.07) is 4.90. The van der Waals surface area contributed by atoms with Crippen LogP contribution in [0.3, 0.4) is 0 Å². The lowest BCUT2D eigenvalue weighted by Crippen LogP contribution is -2.39. The summed E-state index contributed by atoms with van der Waals surface area (Å²) < 4.78 is 13.8. The lowest BCUT2D eigenvalue weighted by Gasteiger charge is -2.30. The molecule has 0 aliphatic carbocycles. The van der Waals surface area contributed by atoms with E-state index in [1.807, 2.05) is 0 Å². The minimum atomic E-state index is -0.420. The van der Waals surface area contributed by atoms with Crippen LogP contribution in [0.4, 0.5) is 4.39 Å². The van der Waals surface area contributed by atoms with Gasteiger partial charge in [0.05, 0.1) is 5.56 Å². The van der Waals surface area contributed by atoms with Crippen LogP contribution >= 0.6 is 0 Å². The first-order chi connectivity index (χ1) is 9.58. The van der Waals surface area contributed by atoms with Gasteiger partial charge in [-0.1, -0.05) is 19.1 Å². The smallest absolute Gasteiger partial charge is 0.254 e. The fraction of sp³-hybridized carbons (Fsp3) is 0.562. The Morgan fingerprint density at radius 1 is 1.40 bits per heavy atom. The van der Waals surface area contributed by atoms with E-state index in [1.54, 1.807) is 19.1 Å². The summed E-state index contributed by atoms with van der Waals surface area (Å²) in [6.07, 6.45) is 2.45. The maximum absolute atomic E-state index is 13.8. The van der Waals surface area contributed by atoms with Gasteiger partial charge in [0.2, 0.25) is 0 Å². The normalized spacial score (nSPS) is 17.1. The van der Waals surface area contributed by atoms with E-state index < -0.39 is 5.82 Å². The Hall–Kier alpha value is -1.42. The van der Waals surface area contributed by atoms with Crippen LogP contribution in [-0.4, -0.2) is 37.0 Å². The lowest BCUT2D eigenvalue weighted by atomic mass is 9.99. The molecule has 1 heterocycles. The summed E-state index contributed by atoms with van der Waals surface area (Å²) in [6.45, 7) is 7.54. The highest BCUT2D eigenvalue weighted by molar-refractivity contribution is 5.94. The molecule has 110 valence electrons. The number of carbonyl (C=O) groups excluding carboxylic acids is 1. The quantitative estimate of drug-likeness (QED) is 0.918. The van der Waals surface area contributed by atoms with Crippen LogP contribution in [0.2, 0.25) is 0 Å². The zero-order chi connectivity index (χ0) is 14.5. The Balaban J connectivity index is 1.79. The molecule has 1 amide bonds. The molecular weight excluding hydrogens is 255 g/mol. The minimum absolute atomic E-state index is 0.136. The zero-order valence-corrected chi connectivity index (χ0v) is 12.3. The molecule has 1 aromatic carbocycles. The van der Waals surface area contributed by atoms with E-state index in [4.69, 9.17) is 0 Å². The van der Waals surface area contributed by atoms with Gasteiger partial charge in [0, 0.05) is 13.1 Å². The van der Waals surface area contributed by atoms with Crippen molar-refractivity contribution in [1.82, 2.24) is 10.2 Å². The number of nitrogens with zero attached hydrogens (tertiary/aromatic N) is 1. The first-order valence-corrected chi connectivity index (χ1v) is 7.33. The van der Waals surface area contributed by atoms with E-state index in [0.29, 0.717) is 12.1 Å². The predicted molar refractivity (Wildman–Crippen MR) is 78.3 cm³/mol. The largest absolute Gasteiger partial charge is 0.351 e. The Labute approximate surface area is 120 Å². The van der Waals surface area contributed by atoms with Crippen molar-refractivity contribution in [2.24, 2.45) is 5.92 Å². The van der Waals surface area contributed by atoms with Gasteiger partial charge in [-0.25, -0.2) is 4.39 Å². The molecule has 20 heavy (non-hydrogen) atoms. The summed E-state index contributed by atoms with van der Waals surface area (Å²) in [7, 11) is 0. The third kappa shape index (κ3) is 3.79. The number of piperidine rings is 1. The SMILES string of the molecule is Cc1cccc(C(=O)NCCN2CCC(C)CC2)c1F. The van der Waals surface area contributed by atoms with Crippen molar-refractivity contribution in [2.75, 3.05) is 26.2 Å². The maximum atomic E-state index is 13.8. The Morgan fingerprint density at radius 3 is 2.80 bits per heavy atom. The second-order valence-corrected chi connectivity index (χ2v) is 5.72. The molecule has 0 bridgehead atoms. The third-order valence-corrected chi connectivity index (χ3v) is 4.03. The maximum Gasteiger partial charge on any atom is 0.254 e. The highest BCUT2D eigenvalue weighted by atomic mass is 19.1. The highest BCUT2D eigenvalue weighted by Crippen LogP contribution is 2.15. The predicted octanol–water partition coefficient (Wildman–Crippen LogP) is 2.60. The number of likely N-dealkylation sites (tertiary alicyclic amines) is 1. The van der Waals surface area contributed by atoms with E-state index in [2.05, 4.69) is 17.1 Å². The Kier molecular flexibility index (Phi) is 5.12. The van der Waals surface area contributed by atoms with Gasteiger partial charge in [-0.2, -0.15) is 0 Å². The van der Waals surface area contributed by atoms with Gasteiger partial charge in [-0.05, 0) is 50.4 Å². The summed E-state index contributed by atoms with van der Waals surface area (Å²) >= 11 is 0. The minimum Gasteiger partial charge on any atom is -0.351 e. The van der Waals surface area contributed by atoms with Crippen molar-refractivity contribution >= 4 is 5.91 Å². The van der Waals surface area contributed by atoms with Gasteiger partial charge in [0.1, 0.15) is 5.82 Å². The zero-order valence-electron chi connectivity index (χ0n) is 12.3. The van der Waals surface area contributed by atoms with Crippen LogP contribution in [0.1, 0.15) is 35.7 Å². The summed E-state index contributed by atoms with van der Waals surface area (Å²) in [5.41, 5.74) is 0.639. The number of nitrogens with one attached hydrogen (secondary N) is 1. The van der Waals surface area contributed by atoms with Gasteiger partial charge >= 0.3 is 0 Å². The van der Waals surface area contributed by atoms with Crippen molar-refractivity contribution in [3.63, 3.8) is 0 Å². The number of halogens is 1. The van der Waals surface area contributed by atoms with Crippen LogP contribution in [0.15, 0.2) is 18.2 Å². The molecule has 0 spiro atoms. The molecule has 1 aromatic rings. The van der Waals surface area contributed by atoms with Gasteiger partial charge < -0.3 is 10.2 Å². The Bertz CT molecular complexity index is 468. The molecule has 1 N–H and O–H groups in total. The van der Waals surface area contributed by atoms with Crippen LogP contribution < -0.4 is 5.32 Å². The van der Waals surface area contributed by atoms with Crippen molar-refractivity contribution in [2.45, 2.75) is 26.7 Å². The van der Waals surface area contributed by atoms with Gasteiger partial charge in [-0.15, -0.1) is 0 Å². The standard InChI is InChI=1S/C16H23FN2O/c1-12-6-9-19(10-7-12)11-8-18-16(20)14-5-3-4-13(2)15(14)17/h3-5,12H,6-11H2,1-2H3,(H,18,20). The van der Waals surface area contributed by atoms with Crippen molar-refractivity contribution < 1.29 is 9.18 Å². The molecule has 0 unspecified atom stereocenters. The van der Waals surface area contributed by atoms with E-state index in [0.717, 1.165) is 25.6 Å². The number of benzene rings is 1. The van der Waals surface area contributed by atoms with Crippen LogP contribution in [0, 0.1) is 18.7 Å². The molecule has 0 radical (unpaired) electrons. The summed E-state index contributed by atoms with van der Waals surface area (Å²) in [5.74, 6) is 0.0654. The molecular formula is C16H23FN2O. The van der Waals surface area contributed by atoms with Crippen molar-refractivity contribution in [3.8, 4) is 0 Å². The van der Waals surface area contributed by atoms with Crippen LogP contribution in [0.25, 0.3) is 0 Å². The van der Waals surface area contributed by atoms with E-state index >= 15 is 0 Å². The number of hydrogen-bond donors (Lipinski definition) is 1. The van der Waals surface area contributed by atoms with Crippen LogP contribution in [0.5, 0.6) is 0 Å². The average molecular weight is 278 g/mol. The molecule has 0 saturated carbocycles. The number of rotatable bonds is 4. The highest BCUT2D eigenvalue weighted by Gasteiger charge is 2.16. The fourth-order valence-corrected chi connectivity index (χ4v) is 2.53. The fourth-order valence-electron chi connectivity index (χ4n) is 2.53. The molecule has 2 rings (SSSR count). The van der Waals surface area contributed by atoms with Gasteiger partial charge in [-0.3, -0.25) is 4.79 Å².